The van der Waals surface area contributed by atoms with Crippen LogP contribution in [-0.4, -0.2) is 30.8 Å². The zero-order valence-corrected chi connectivity index (χ0v) is 13.6. The van der Waals surface area contributed by atoms with Gasteiger partial charge in [0, 0.05) is 24.2 Å². The molecule has 2 aliphatic rings. The Morgan fingerprint density at radius 3 is 2.68 bits per heavy atom. The van der Waals surface area contributed by atoms with Crippen molar-refractivity contribution in [3.8, 4) is 0 Å². The maximum absolute atomic E-state index is 13.0. The number of hydrogen-bond acceptors (Lipinski definition) is 3. The minimum absolute atomic E-state index is 0.0251. The van der Waals surface area contributed by atoms with Crippen LogP contribution in [0, 0.1) is 0 Å². The number of amides is 3. The molecular formula is C19H17N3O3. The first kappa shape index (κ1) is 15.4. The quantitative estimate of drug-likeness (QED) is 0.916. The van der Waals surface area contributed by atoms with Crippen LogP contribution in [0.4, 0.5) is 17.1 Å². The zero-order valence-electron chi connectivity index (χ0n) is 13.6. The molecule has 6 heteroatoms. The monoisotopic (exact) mass is 335 g/mol. The fourth-order valence-corrected chi connectivity index (χ4v) is 3.30. The minimum atomic E-state index is -0.254. The molecule has 2 heterocycles. The summed E-state index contributed by atoms with van der Waals surface area (Å²) in [5.41, 5.74) is 2.48. The number of rotatable bonds is 2. The Balaban J connectivity index is 1.68. The number of nitrogens with zero attached hydrogens (tertiary/aromatic N) is 2. The first-order valence-electron chi connectivity index (χ1n) is 8.25. The van der Waals surface area contributed by atoms with E-state index in [0.29, 0.717) is 29.9 Å². The van der Waals surface area contributed by atoms with Crippen molar-refractivity contribution in [2.45, 2.75) is 12.8 Å². The number of anilines is 3. The molecule has 0 aliphatic carbocycles. The van der Waals surface area contributed by atoms with Crippen molar-refractivity contribution >= 4 is 34.8 Å². The molecule has 0 aromatic heterocycles. The molecule has 0 atom stereocenters. The molecule has 1 fully saturated rings. The summed E-state index contributed by atoms with van der Waals surface area (Å²) in [7, 11) is 0. The molecule has 0 bridgehead atoms. The number of nitrogens with one attached hydrogen (secondary N) is 1. The van der Waals surface area contributed by atoms with Gasteiger partial charge in [0.2, 0.25) is 11.8 Å². The van der Waals surface area contributed by atoms with E-state index in [-0.39, 0.29) is 24.3 Å². The zero-order chi connectivity index (χ0) is 17.4. The van der Waals surface area contributed by atoms with Crippen LogP contribution in [0.3, 0.4) is 0 Å². The molecule has 0 unspecified atom stereocenters. The van der Waals surface area contributed by atoms with Crippen molar-refractivity contribution in [3.63, 3.8) is 0 Å². The lowest BCUT2D eigenvalue weighted by molar-refractivity contribution is -0.117. The molecule has 2 aromatic rings. The Morgan fingerprint density at radius 1 is 1.04 bits per heavy atom. The lowest BCUT2D eigenvalue weighted by Gasteiger charge is -2.29. The topological polar surface area (TPSA) is 69.7 Å². The normalized spacial score (nSPS) is 16.6. The smallest absolute Gasteiger partial charge is 0.258 e. The Labute approximate surface area is 145 Å². The van der Waals surface area contributed by atoms with Crippen LogP contribution in [0.1, 0.15) is 23.2 Å². The van der Waals surface area contributed by atoms with Gasteiger partial charge in [-0.25, -0.2) is 0 Å². The number of hydrogen-bond donors (Lipinski definition) is 1. The van der Waals surface area contributed by atoms with Gasteiger partial charge < -0.3 is 10.2 Å². The highest BCUT2D eigenvalue weighted by atomic mass is 16.2. The molecule has 3 amide bonds. The van der Waals surface area contributed by atoms with Crippen LogP contribution in [0.5, 0.6) is 0 Å². The summed E-state index contributed by atoms with van der Waals surface area (Å²) in [6.07, 6.45) is 1.37. The van der Waals surface area contributed by atoms with Crippen LogP contribution >= 0.6 is 0 Å². The minimum Gasteiger partial charge on any atom is -0.323 e. The van der Waals surface area contributed by atoms with E-state index in [0.717, 1.165) is 12.1 Å². The average molecular weight is 335 g/mol. The molecule has 1 saturated heterocycles. The van der Waals surface area contributed by atoms with Crippen molar-refractivity contribution < 1.29 is 14.4 Å². The molecular weight excluding hydrogens is 318 g/mol. The highest BCUT2D eigenvalue weighted by Gasteiger charge is 2.28. The summed E-state index contributed by atoms with van der Waals surface area (Å²) in [6.45, 7) is 0.647. The van der Waals surface area contributed by atoms with Crippen LogP contribution in [0.25, 0.3) is 0 Å². The summed E-state index contributed by atoms with van der Waals surface area (Å²) >= 11 is 0. The van der Waals surface area contributed by atoms with Crippen molar-refractivity contribution in [1.29, 1.82) is 0 Å². The predicted octanol–water partition coefficient (Wildman–Crippen LogP) is 2.41. The van der Waals surface area contributed by atoms with Crippen LogP contribution in [0.2, 0.25) is 0 Å². The van der Waals surface area contributed by atoms with E-state index in [1.165, 1.54) is 4.90 Å². The number of carbonyl (C=O) groups is 3. The predicted molar refractivity (Wildman–Crippen MR) is 94.8 cm³/mol. The van der Waals surface area contributed by atoms with E-state index in [4.69, 9.17) is 0 Å². The third-order valence-electron chi connectivity index (χ3n) is 4.49. The van der Waals surface area contributed by atoms with Gasteiger partial charge in [-0.1, -0.05) is 18.2 Å². The molecule has 2 aromatic carbocycles. The Bertz CT molecular complexity index is 878. The van der Waals surface area contributed by atoms with Gasteiger partial charge in [-0.3, -0.25) is 19.3 Å². The van der Waals surface area contributed by atoms with E-state index >= 15 is 0 Å². The van der Waals surface area contributed by atoms with E-state index < -0.39 is 0 Å². The maximum Gasteiger partial charge on any atom is 0.258 e. The van der Waals surface area contributed by atoms with Gasteiger partial charge in [0.05, 0.1) is 11.4 Å². The number of benzene rings is 2. The SMILES string of the molecule is O=C1CN(C(=O)c2cccc(N3CCCC3=O)c2)c2ccccc2N1. The van der Waals surface area contributed by atoms with E-state index in [9.17, 15) is 14.4 Å². The molecule has 4 rings (SSSR count). The van der Waals surface area contributed by atoms with Gasteiger partial charge in [0.15, 0.2) is 0 Å². The van der Waals surface area contributed by atoms with E-state index in [1.807, 2.05) is 18.2 Å². The largest absolute Gasteiger partial charge is 0.323 e. The van der Waals surface area contributed by atoms with Gasteiger partial charge in [-0.2, -0.15) is 0 Å². The summed E-state index contributed by atoms with van der Waals surface area (Å²) in [6, 6.07) is 14.2. The van der Waals surface area contributed by atoms with Gasteiger partial charge >= 0.3 is 0 Å². The Morgan fingerprint density at radius 2 is 1.88 bits per heavy atom. The number of fused-ring (bicyclic) bond motifs is 1. The fourth-order valence-electron chi connectivity index (χ4n) is 3.30. The summed E-state index contributed by atoms with van der Waals surface area (Å²) in [4.78, 5) is 40.0. The third kappa shape index (κ3) is 2.76. The standard InChI is InChI=1S/C19H17N3O3/c23-17-12-22(16-8-2-1-7-15(16)20-17)19(25)13-5-3-6-14(11-13)21-10-4-9-18(21)24/h1-3,5-8,11H,4,9-10,12H2,(H,20,23). The lowest BCUT2D eigenvalue weighted by atomic mass is 10.1. The number of para-hydroxylation sites is 2. The van der Waals surface area contributed by atoms with Crippen LogP contribution < -0.4 is 15.1 Å². The second-order valence-electron chi connectivity index (χ2n) is 6.16. The van der Waals surface area contributed by atoms with Gasteiger partial charge in [0.1, 0.15) is 6.54 Å². The Hall–Kier alpha value is -3.15. The average Bonchev–Trinajstić information content (AvgIpc) is 3.06. The lowest BCUT2D eigenvalue weighted by Crippen LogP contribution is -2.42. The summed E-state index contributed by atoms with van der Waals surface area (Å²) in [5, 5.41) is 2.77. The second-order valence-corrected chi connectivity index (χ2v) is 6.16. The maximum atomic E-state index is 13.0. The highest BCUT2D eigenvalue weighted by molar-refractivity contribution is 6.15. The molecule has 6 nitrogen and oxygen atoms in total. The molecule has 2 aliphatic heterocycles. The fraction of sp³-hybridized carbons (Fsp3) is 0.211. The van der Waals surface area contributed by atoms with Gasteiger partial charge in [0.25, 0.3) is 5.91 Å². The van der Waals surface area contributed by atoms with Crippen molar-refractivity contribution in [2.24, 2.45) is 0 Å². The van der Waals surface area contributed by atoms with Crippen LogP contribution in [0.15, 0.2) is 48.5 Å². The highest BCUT2D eigenvalue weighted by Crippen LogP contribution is 2.31. The van der Waals surface area contributed by atoms with Gasteiger partial charge in [-0.15, -0.1) is 0 Å². The Kier molecular flexibility index (Phi) is 3.72. The number of carbonyl (C=O) groups excluding carboxylic acids is 3. The van der Waals surface area contributed by atoms with Crippen molar-refractivity contribution in [1.82, 2.24) is 0 Å². The van der Waals surface area contributed by atoms with E-state index in [2.05, 4.69) is 5.32 Å². The van der Waals surface area contributed by atoms with Crippen molar-refractivity contribution in [2.75, 3.05) is 28.2 Å². The summed E-state index contributed by atoms with van der Waals surface area (Å²) in [5.74, 6) is -0.402. The van der Waals surface area contributed by atoms with Crippen LogP contribution in [-0.2, 0) is 9.59 Å². The first-order valence-corrected chi connectivity index (χ1v) is 8.25. The molecule has 126 valence electrons. The molecule has 1 N–H and O–H groups in total. The third-order valence-corrected chi connectivity index (χ3v) is 4.49. The molecule has 0 saturated carbocycles. The molecule has 0 spiro atoms. The summed E-state index contributed by atoms with van der Waals surface area (Å²) < 4.78 is 0. The van der Waals surface area contributed by atoms with Gasteiger partial charge in [-0.05, 0) is 36.8 Å². The molecule has 25 heavy (non-hydrogen) atoms. The first-order chi connectivity index (χ1) is 12.1. The van der Waals surface area contributed by atoms with E-state index in [1.54, 1.807) is 35.2 Å². The molecule has 0 radical (unpaired) electrons. The second kappa shape index (κ2) is 6.05. The van der Waals surface area contributed by atoms with Crippen molar-refractivity contribution in [3.05, 3.63) is 54.1 Å².